The Morgan fingerprint density at radius 3 is 1.23 bits per heavy atom. The van der Waals surface area contributed by atoms with E-state index in [9.17, 15) is 13.2 Å². The highest BCUT2D eigenvalue weighted by molar-refractivity contribution is 7.91. The molecule has 0 radical (unpaired) electrons. The number of ether oxygens (including phenoxy) is 6. The number of rotatable bonds is 19. The second kappa shape index (κ2) is 67.2. The molecular formula is C108H227N11O9S. The summed E-state index contributed by atoms with van der Waals surface area (Å²) in [6, 6.07) is 0.752. The molecule has 6 unspecified atom stereocenters. The molecule has 1 amide bonds. The number of likely N-dealkylation sites (tertiary alicyclic amines) is 3. The minimum Gasteiger partial charge on any atom is -0.381 e. The number of nitrogens with one attached hydrogen (secondary N) is 4. The predicted molar refractivity (Wildman–Crippen MR) is 558 cm³/mol. The molecule has 4 N–H and O–H groups in total. The minimum atomic E-state index is -2.69. The lowest BCUT2D eigenvalue weighted by atomic mass is 9.78. The fourth-order valence-electron chi connectivity index (χ4n) is 20.1. The van der Waals surface area contributed by atoms with Crippen LogP contribution in [0.15, 0.2) is 0 Å². The average molecular weight is 1860 g/mol. The molecule has 1 saturated carbocycles. The molecule has 0 aromatic rings. The summed E-state index contributed by atoms with van der Waals surface area (Å²) < 4.78 is 54.1. The van der Waals surface area contributed by atoms with Crippen molar-refractivity contribution in [3.8, 4) is 0 Å². The zero-order chi connectivity index (χ0) is 93.0. The summed E-state index contributed by atoms with van der Waals surface area (Å²) in [6.07, 6.45) is 18.3. The van der Waals surface area contributed by atoms with Crippen LogP contribution in [0.1, 0.15) is 307 Å². The molecule has 1 spiro atoms. The lowest BCUT2D eigenvalue weighted by molar-refractivity contribution is -0.190. The summed E-state index contributed by atoms with van der Waals surface area (Å²) >= 11 is 0. The van der Waals surface area contributed by atoms with Gasteiger partial charge in [0.05, 0.1) is 70.4 Å². The van der Waals surface area contributed by atoms with Crippen molar-refractivity contribution in [1.29, 1.82) is 0 Å². The summed E-state index contributed by atoms with van der Waals surface area (Å²) in [5.41, 5.74) is 2.70. The van der Waals surface area contributed by atoms with Gasteiger partial charge in [0.1, 0.15) is 0 Å². The van der Waals surface area contributed by atoms with Crippen LogP contribution in [-0.2, 0) is 43.1 Å². The Balaban J connectivity index is 0.00000138. The van der Waals surface area contributed by atoms with Gasteiger partial charge < -0.3 is 69.3 Å². The Hall–Kier alpha value is -1.22. The van der Waals surface area contributed by atoms with Crippen molar-refractivity contribution < 1.29 is 41.6 Å². The van der Waals surface area contributed by atoms with Gasteiger partial charge in [-0.15, -0.1) is 0 Å². The Morgan fingerprint density at radius 1 is 0.395 bits per heavy atom. The van der Waals surface area contributed by atoms with Gasteiger partial charge in [-0.3, -0.25) is 19.5 Å². The third kappa shape index (κ3) is 63.9. The van der Waals surface area contributed by atoms with E-state index in [1.54, 1.807) is 0 Å². The van der Waals surface area contributed by atoms with Crippen molar-refractivity contribution >= 4 is 15.7 Å². The summed E-state index contributed by atoms with van der Waals surface area (Å²) in [6.45, 7) is 105. The molecule has 774 valence electrons. The second-order valence-electron chi connectivity index (χ2n) is 48.9. The molecule has 6 atom stereocenters. The van der Waals surface area contributed by atoms with Gasteiger partial charge in [-0.1, -0.05) is 224 Å². The number of fused-ring (bicyclic) bond motifs is 3. The Morgan fingerprint density at radius 2 is 0.829 bits per heavy atom. The van der Waals surface area contributed by atoms with E-state index < -0.39 is 9.84 Å². The lowest BCUT2D eigenvalue weighted by Gasteiger charge is -2.55. The van der Waals surface area contributed by atoms with Gasteiger partial charge in [-0.05, 0) is 208 Å². The van der Waals surface area contributed by atoms with Gasteiger partial charge in [0.15, 0.2) is 9.84 Å². The molecule has 0 aromatic heterocycles. The summed E-state index contributed by atoms with van der Waals surface area (Å²) in [4.78, 5) is 28.0. The highest BCUT2D eigenvalue weighted by atomic mass is 32.2. The molecule has 129 heavy (non-hydrogen) atoms. The number of carbonyl (C=O) groups is 1. The van der Waals surface area contributed by atoms with Crippen LogP contribution >= 0.6 is 0 Å². The van der Waals surface area contributed by atoms with Crippen LogP contribution in [0.5, 0.6) is 0 Å². The van der Waals surface area contributed by atoms with E-state index in [1.165, 1.54) is 188 Å². The number of morpholine rings is 2. The molecule has 21 heteroatoms. The molecule has 15 fully saturated rings. The topological polar surface area (TPSA) is 177 Å². The third-order valence-electron chi connectivity index (χ3n) is 25.7. The van der Waals surface area contributed by atoms with Gasteiger partial charge in [0, 0.05) is 194 Å². The zero-order valence-corrected chi connectivity index (χ0v) is 88.3. The summed E-state index contributed by atoms with van der Waals surface area (Å²) in [5, 5.41) is 12.9. The molecule has 14 saturated heterocycles. The van der Waals surface area contributed by atoms with E-state index in [1.807, 2.05) is 0 Å². The first-order chi connectivity index (χ1) is 58.6. The van der Waals surface area contributed by atoms with Gasteiger partial charge >= 0.3 is 0 Å². The number of piperidine rings is 1. The highest BCUT2D eigenvalue weighted by Gasteiger charge is 2.49. The minimum absolute atomic E-state index is 0. The van der Waals surface area contributed by atoms with E-state index >= 15 is 0 Å². The van der Waals surface area contributed by atoms with Crippen LogP contribution in [0, 0.1) is 116 Å². The van der Waals surface area contributed by atoms with Crippen molar-refractivity contribution in [2.24, 2.45) is 116 Å². The normalized spacial score (nSPS) is 25.5. The number of carbonyl (C=O) groups excluding carboxylic acids is 1. The average Bonchev–Trinajstić information content (AvgIpc) is 1.73. The molecule has 14 aliphatic heterocycles. The fraction of sp³-hybridized carbons (Fsp3) is 0.991. The number of sulfone groups is 1. The van der Waals surface area contributed by atoms with Crippen molar-refractivity contribution in [2.75, 3.05) is 261 Å². The van der Waals surface area contributed by atoms with Crippen molar-refractivity contribution in [3.05, 3.63) is 0 Å². The van der Waals surface area contributed by atoms with Gasteiger partial charge in [0.25, 0.3) is 0 Å². The zero-order valence-electron chi connectivity index (χ0n) is 87.5. The van der Waals surface area contributed by atoms with Crippen LogP contribution in [0.4, 0.5) is 0 Å². The Labute approximate surface area is 804 Å². The number of amides is 1. The van der Waals surface area contributed by atoms with E-state index in [0.29, 0.717) is 63.1 Å². The van der Waals surface area contributed by atoms with Crippen LogP contribution in [0.2, 0.25) is 0 Å². The van der Waals surface area contributed by atoms with E-state index in [4.69, 9.17) is 28.4 Å². The monoisotopic (exact) mass is 1850 g/mol. The molecular weight excluding hydrogens is 1630 g/mol. The number of nitrogens with zero attached hydrogens (tertiary/aromatic N) is 7. The largest absolute Gasteiger partial charge is 0.381 e. The Bertz CT molecular complexity index is 2660. The van der Waals surface area contributed by atoms with Crippen LogP contribution in [-0.4, -0.2) is 322 Å². The lowest BCUT2D eigenvalue weighted by Crippen LogP contribution is -2.66. The smallest absolute Gasteiger partial charge is 0.234 e. The highest BCUT2D eigenvalue weighted by Crippen LogP contribution is 2.44. The summed E-state index contributed by atoms with van der Waals surface area (Å²) in [5.74, 6) is 13.6. The van der Waals surface area contributed by atoms with E-state index in [0.717, 1.165) is 221 Å². The molecule has 14 heterocycles. The SMILES string of the molecule is C.C.C.C.CC(C)(C)C1CC1.CC(C)(C)CC1CCNCC1.CC(C)(C)CC1CCOCC1.CC(C)(C)CN1CCNCC1.CC(C)CC1CCNC1.CC(C)CC1CCOC1.CC(C)CN1CC2(COC2)C1.CC(C)CN1CC2CC1CO2.CC(C)CN1CC2COCC2C1.CC(C)CN1CCNC(=O)C1.CC(C)CN1CCOCC1.CC(C)CN1CCS(=O)(=O)CC1. The van der Waals surface area contributed by atoms with E-state index in [-0.39, 0.29) is 35.6 Å². The van der Waals surface area contributed by atoms with Gasteiger partial charge in [-0.2, -0.15) is 0 Å². The van der Waals surface area contributed by atoms with E-state index in [2.05, 4.69) is 249 Å². The first kappa shape index (κ1) is 128. The molecule has 1 aliphatic carbocycles. The first-order valence-electron chi connectivity index (χ1n) is 51.8. The van der Waals surface area contributed by atoms with Crippen LogP contribution in [0.3, 0.4) is 0 Å². The molecule has 15 rings (SSSR count). The standard InChI is InChI=1S/C10H19NO.C10H21N.C10H20O.C9H20N2.2C9H17NO.C8H16N2O.C8H17NO2S.C8H17NO.C8H17N.C8H16O.C7H14.4CH4/c1-8(2)3-11-4-9-6-12-7-10(9)5-11;2*1-10(2,3)8-9-4-6-11-7-5-9;1-9(2,3)8-11-6-4-10-5-7-11;1-8(2)3-10-4-9(5-10)6-11-7-9;1-7(2)4-10-5-9-3-8(10)6-11-9;1-7(2)5-10-4-3-9-8(11)6-10;1-8(2)7-9-3-5-12(10,11)6-4-9;1-8(2)7-9-3-5-10-6-4-9;2*1-7(2)5-8-3-4-9-6-8;1-7(2,3)6-4-5-6;;;;/h8-10H,3-7H2,1-2H3;9,11H,4-8H2,1-3H3;9H,4-8H2,1-3H3;10H,4-8H2,1-3H3;8H,3-7H2,1-2H3;7-9H,3-6H2,1-2H3;7H,3-6H2,1-2H3,(H,9,11);8H,3-7H2,1-2H3;8H,3-7H2,1-2H3;7-9H,3-6H2,1-2H3;7-8H,3-6H2,1-2H3;6H,4-5H2,1-3H3;4*1H4. The van der Waals surface area contributed by atoms with Gasteiger partial charge in [0.2, 0.25) is 5.91 Å². The molecule has 2 bridgehead atoms. The van der Waals surface area contributed by atoms with Crippen molar-refractivity contribution in [2.45, 2.75) is 319 Å². The maximum atomic E-state index is 11.1. The molecule has 15 aliphatic rings. The molecule has 0 aromatic carbocycles. The quantitative estimate of drug-likeness (QED) is 0.0959. The maximum Gasteiger partial charge on any atom is 0.234 e. The summed E-state index contributed by atoms with van der Waals surface area (Å²) in [7, 11) is -2.69. The number of hydrogen-bond donors (Lipinski definition) is 4. The van der Waals surface area contributed by atoms with Crippen LogP contribution in [0.25, 0.3) is 0 Å². The number of piperazine rings is 2. The first-order valence-corrected chi connectivity index (χ1v) is 53.6. The van der Waals surface area contributed by atoms with Crippen molar-refractivity contribution in [1.82, 2.24) is 55.6 Å². The second-order valence-corrected chi connectivity index (χ2v) is 51.2. The third-order valence-corrected chi connectivity index (χ3v) is 27.4. The Kier molecular flexibility index (Phi) is 66.6. The van der Waals surface area contributed by atoms with Crippen LogP contribution < -0.4 is 21.3 Å². The van der Waals surface area contributed by atoms with Crippen molar-refractivity contribution in [3.63, 3.8) is 0 Å². The fourth-order valence-corrected chi connectivity index (χ4v) is 21.4. The molecule has 20 nitrogen and oxygen atoms in total. The predicted octanol–water partition coefficient (Wildman–Crippen LogP) is 19.6. The maximum absolute atomic E-state index is 11.1. The van der Waals surface area contributed by atoms with Gasteiger partial charge in [-0.25, -0.2) is 8.42 Å². The number of hydrogen-bond acceptors (Lipinski definition) is 19.